The number of halogens is 1. The summed E-state index contributed by atoms with van der Waals surface area (Å²) >= 11 is 0. The zero-order valence-electron chi connectivity index (χ0n) is 7.54. The van der Waals surface area contributed by atoms with Crippen LogP contribution in [0.25, 0.3) is 0 Å². The molecule has 1 atom stereocenters. The normalized spacial score (nSPS) is 23.3. The Morgan fingerprint density at radius 2 is 2.62 bits per heavy atom. The molecule has 0 amide bonds. The second-order valence-electron chi connectivity index (χ2n) is 3.59. The molecule has 0 radical (unpaired) electrons. The van der Waals surface area contributed by atoms with Gasteiger partial charge in [0.05, 0.1) is 12.4 Å². The summed E-state index contributed by atoms with van der Waals surface area (Å²) in [6.45, 7) is 2.97. The van der Waals surface area contributed by atoms with Gasteiger partial charge in [0.2, 0.25) is 0 Å². The van der Waals surface area contributed by atoms with Crippen molar-refractivity contribution in [2.75, 3.05) is 13.1 Å². The maximum atomic E-state index is 12.6. The van der Waals surface area contributed by atoms with Crippen LogP contribution in [0.4, 0.5) is 4.39 Å². The first kappa shape index (κ1) is 8.69. The van der Waals surface area contributed by atoms with E-state index < -0.39 is 0 Å². The number of hydrogen-bond donors (Lipinski definition) is 1. The molecular formula is C9H14FN3. The second-order valence-corrected chi connectivity index (χ2v) is 3.59. The monoisotopic (exact) mass is 183 g/mol. The average molecular weight is 183 g/mol. The van der Waals surface area contributed by atoms with E-state index in [9.17, 15) is 4.39 Å². The second kappa shape index (κ2) is 3.87. The van der Waals surface area contributed by atoms with Crippen molar-refractivity contribution in [1.29, 1.82) is 0 Å². The van der Waals surface area contributed by atoms with E-state index in [-0.39, 0.29) is 5.82 Å². The molecule has 2 rings (SSSR count). The smallest absolute Gasteiger partial charge is 0.161 e. The maximum absolute atomic E-state index is 12.6. The lowest BCUT2D eigenvalue weighted by Crippen LogP contribution is -2.32. The quantitative estimate of drug-likeness (QED) is 0.742. The molecule has 0 bridgehead atoms. The van der Waals surface area contributed by atoms with E-state index in [2.05, 4.69) is 10.4 Å². The van der Waals surface area contributed by atoms with E-state index in [0.717, 1.165) is 19.6 Å². The molecule has 4 heteroatoms. The Balaban J connectivity index is 1.89. The highest BCUT2D eigenvalue weighted by molar-refractivity contribution is 4.84. The van der Waals surface area contributed by atoms with Crippen molar-refractivity contribution in [2.24, 2.45) is 5.92 Å². The molecule has 1 aliphatic heterocycles. The largest absolute Gasteiger partial charge is 0.316 e. The summed E-state index contributed by atoms with van der Waals surface area (Å²) in [4.78, 5) is 0. The standard InChI is InChI=1S/C9H14FN3/c10-9-5-12-13(7-9)6-8-2-1-3-11-4-8/h5,7-8,11H,1-4,6H2. The van der Waals surface area contributed by atoms with Crippen LogP contribution in [0.3, 0.4) is 0 Å². The highest BCUT2D eigenvalue weighted by Crippen LogP contribution is 2.11. The van der Waals surface area contributed by atoms with Gasteiger partial charge in [-0.3, -0.25) is 4.68 Å². The van der Waals surface area contributed by atoms with Crippen molar-refractivity contribution in [2.45, 2.75) is 19.4 Å². The zero-order chi connectivity index (χ0) is 9.10. The van der Waals surface area contributed by atoms with Crippen molar-refractivity contribution in [3.05, 3.63) is 18.2 Å². The first-order valence-electron chi connectivity index (χ1n) is 4.73. The molecule has 0 saturated carbocycles. The lowest BCUT2D eigenvalue weighted by Gasteiger charge is -2.22. The molecule has 0 spiro atoms. The molecule has 1 unspecified atom stereocenters. The Hall–Kier alpha value is -0.900. The Kier molecular flexibility index (Phi) is 2.59. The SMILES string of the molecule is Fc1cnn(CC2CCCNC2)c1. The molecule has 13 heavy (non-hydrogen) atoms. The highest BCUT2D eigenvalue weighted by atomic mass is 19.1. The molecule has 1 aliphatic rings. The zero-order valence-corrected chi connectivity index (χ0v) is 7.54. The van der Waals surface area contributed by atoms with Crippen LogP contribution in [0.5, 0.6) is 0 Å². The van der Waals surface area contributed by atoms with Crippen LogP contribution in [0.15, 0.2) is 12.4 Å². The number of aromatic nitrogens is 2. The number of hydrogen-bond acceptors (Lipinski definition) is 2. The summed E-state index contributed by atoms with van der Waals surface area (Å²) in [5.74, 6) is 0.358. The number of nitrogens with one attached hydrogen (secondary N) is 1. The molecule has 0 aromatic carbocycles. The van der Waals surface area contributed by atoms with Gasteiger partial charge in [0.1, 0.15) is 0 Å². The van der Waals surface area contributed by atoms with Gasteiger partial charge in [-0.05, 0) is 31.8 Å². The van der Waals surface area contributed by atoms with Gasteiger partial charge < -0.3 is 5.32 Å². The third-order valence-corrected chi connectivity index (χ3v) is 2.45. The van der Waals surface area contributed by atoms with Crippen molar-refractivity contribution < 1.29 is 4.39 Å². The van der Waals surface area contributed by atoms with Gasteiger partial charge in [-0.15, -0.1) is 0 Å². The van der Waals surface area contributed by atoms with Gasteiger partial charge in [0, 0.05) is 6.54 Å². The summed E-state index contributed by atoms with van der Waals surface area (Å²) in [7, 11) is 0. The fourth-order valence-corrected chi connectivity index (χ4v) is 1.78. The van der Waals surface area contributed by atoms with Crippen LogP contribution in [0, 0.1) is 11.7 Å². The van der Waals surface area contributed by atoms with E-state index >= 15 is 0 Å². The first-order valence-corrected chi connectivity index (χ1v) is 4.73. The summed E-state index contributed by atoms with van der Waals surface area (Å²) in [5, 5.41) is 7.25. The van der Waals surface area contributed by atoms with Gasteiger partial charge in [-0.1, -0.05) is 0 Å². The summed E-state index contributed by atoms with van der Waals surface area (Å²) in [6.07, 6.45) is 5.15. The van der Waals surface area contributed by atoms with Gasteiger partial charge in [-0.2, -0.15) is 5.10 Å². The molecule has 1 aromatic heterocycles. The van der Waals surface area contributed by atoms with Crippen molar-refractivity contribution in [1.82, 2.24) is 15.1 Å². The predicted octanol–water partition coefficient (Wildman–Crippen LogP) is 1.02. The Bertz CT molecular complexity index is 266. The molecule has 0 aliphatic carbocycles. The van der Waals surface area contributed by atoms with Crippen molar-refractivity contribution in [3.63, 3.8) is 0 Å². The van der Waals surface area contributed by atoms with Crippen molar-refractivity contribution >= 4 is 0 Å². The van der Waals surface area contributed by atoms with E-state index in [1.807, 2.05) is 0 Å². The van der Waals surface area contributed by atoms with Crippen LogP contribution in [0.1, 0.15) is 12.8 Å². The number of piperidine rings is 1. The summed E-state index contributed by atoms with van der Waals surface area (Å²) < 4.78 is 14.3. The molecular weight excluding hydrogens is 169 g/mol. The fraction of sp³-hybridized carbons (Fsp3) is 0.667. The molecule has 2 heterocycles. The minimum Gasteiger partial charge on any atom is -0.316 e. The van der Waals surface area contributed by atoms with E-state index in [0.29, 0.717) is 5.92 Å². The summed E-state index contributed by atoms with van der Waals surface area (Å²) in [5.41, 5.74) is 0. The van der Waals surface area contributed by atoms with Gasteiger partial charge >= 0.3 is 0 Å². The molecule has 1 saturated heterocycles. The van der Waals surface area contributed by atoms with Crippen LogP contribution in [0.2, 0.25) is 0 Å². The van der Waals surface area contributed by atoms with Gasteiger partial charge in [0.25, 0.3) is 0 Å². The fourth-order valence-electron chi connectivity index (χ4n) is 1.78. The van der Waals surface area contributed by atoms with Crippen molar-refractivity contribution in [3.8, 4) is 0 Å². The maximum Gasteiger partial charge on any atom is 0.161 e. The van der Waals surface area contributed by atoms with Crippen LogP contribution in [-0.4, -0.2) is 22.9 Å². The van der Waals surface area contributed by atoms with Gasteiger partial charge in [0.15, 0.2) is 5.82 Å². The lowest BCUT2D eigenvalue weighted by molar-refractivity contribution is 0.325. The Morgan fingerprint density at radius 3 is 3.23 bits per heavy atom. The third-order valence-electron chi connectivity index (χ3n) is 2.45. The lowest BCUT2D eigenvalue weighted by atomic mass is 10.00. The topological polar surface area (TPSA) is 29.9 Å². The third kappa shape index (κ3) is 2.28. The first-order chi connectivity index (χ1) is 6.34. The molecule has 1 fully saturated rings. The number of nitrogens with zero attached hydrogens (tertiary/aromatic N) is 2. The van der Waals surface area contributed by atoms with E-state index in [4.69, 9.17) is 0 Å². The van der Waals surface area contributed by atoms with Crippen LogP contribution >= 0.6 is 0 Å². The number of rotatable bonds is 2. The summed E-state index contributed by atoms with van der Waals surface area (Å²) in [6, 6.07) is 0. The average Bonchev–Trinajstić information content (AvgIpc) is 2.53. The molecule has 1 aromatic rings. The minimum atomic E-state index is -0.247. The Morgan fingerprint density at radius 1 is 1.69 bits per heavy atom. The van der Waals surface area contributed by atoms with E-state index in [1.165, 1.54) is 25.2 Å². The predicted molar refractivity (Wildman–Crippen MR) is 47.8 cm³/mol. The van der Waals surface area contributed by atoms with Crippen LogP contribution in [-0.2, 0) is 6.54 Å². The van der Waals surface area contributed by atoms with Crippen LogP contribution < -0.4 is 5.32 Å². The van der Waals surface area contributed by atoms with Gasteiger partial charge in [-0.25, -0.2) is 4.39 Å². The Labute approximate surface area is 76.9 Å². The molecule has 72 valence electrons. The minimum absolute atomic E-state index is 0.247. The molecule has 1 N–H and O–H groups in total. The highest BCUT2D eigenvalue weighted by Gasteiger charge is 2.13. The molecule has 3 nitrogen and oxygen atoms in total. The van der Waals surface area contributed by atoms with E-state index in [1.54, 1.807) is 4.68 Å².